The number of hydrogen-bond donors (Lipinski definition) is 1. The molecule has 0 atom stereocenters. The molecule has 1 aromatic carbocycles. The van der Waals surface area contributed by atoms with E-state index in [2.05, 4.69) is 5.32 Å². The van der Waals surface area contributed by atoms with E-state index in [0.717, 1.165) is 11.1 Å². The summed E-state index contributed by atoms with van der Waals surface area (Å²) in [6.45, 7) is 6.07. The van der Waals surface area contributed by atoms with E-state index in [0.29, 0.717) is 0 Å². The largest absolute Gasteiger partial charge is 0.311 e. The Morgan fingerprint density at radius 2 is 1.92 bits per heavy atom. The van der Waals surface area contributed by atoms with Gasteiger partial charge in [0.25, 0.3) is 0 Å². The second kappa shape index (κ2) is 3.46. The molecule has 0 aliphatic heterocycles. The van der Waals surface area contributed by atoms with E-state index in [9.17, 15) is 4.39 Å². The predicted octanol–water partition coefficient (Wildman–Crippen LogP) is 2.59. The quantitative estimate of drug-likeness (QED) is 0.739. The molecule has 0 heterocycles. The highest BCUT2D eigenvalue weighted by Gasteiger charge is 2.19. The predicted molar refractivity (Wildman–Crippen MR) is 53.2 cm³/mol. The average molecular weight is 181 g/mol. The van der Waals surface area contributed by atoms with Crippen LogP contribution >= 0.6 is 0 Å². The van der Waals surface area contributed by atoms with Gasteiger partial charge in [0.05, 0.1) is 0 Å². The molecule has 13 heavy (non-hydrogen) atoms. The normalized spacial score (nSPS) is 11.8. The summed E-state index contributed by atoms with van der Waals surface area (Å²) in [6, 6.07) is 4.89. The first kappa shape index (κ1) is 10.2. The van der Waals surface area contributed by atoms with Crippen LogP contribution in [0.3, 0.4) is 0 Å². The fraction of sp³-hybridized carbons (Fsp3) is 0.455. The van der Waals surface area contributed by atoms with E-state index in [1.165, 1.54) is 6.07 Å². The molecule has 0 unspecified atom stereocenters. The highest BCUT2D eigenvalue weighted by atomic mass is 19.1. The number of rotatable bonds is 2. The summed E-state index contributed by atoms with van der Waals surface area (Å²) in [5.74, 6) is -0.177. The van der Waals surface area contributed by atoms with Crippen molar-refractivity contribution in [3.05, 3.63) is 35.1 Å². The molecule has 1 aromatic rings. The van der Waals surface area contributed by atoms with Crippen LogP contribution in [0.2, 0.25) is 0 Å². The average Bonchev–Trinajstić information content (AvgIpc) is 2.09. The molecule has 0 aliphatic carbocycles. The summed E-state index contributed by atoms with van der Waals surface area (Å²) < 4.78 is 13.0. The molecule has 2 heteroatoms. The molecule has 0 amide bonds. The van der Waals surface area contributed by atoms with Crippen LogP contribution < -0.4 is 5.32 Å². The monoisotopic (exact) mass is 181 g/mol. The van der Waals surface area contributed by atoms with Crippen LogP contribution in [0.25, 0.3) is 0 Å². The van der Waals surface area contributed by atoms with Crippen molar-refractivity contribution in [1.29, 1.82) is 0 Å². The van der Waals surface area contributed by atoms with Crippen molar-refractivity contribution >= 4 is 0 Å². The standard InChI is InChI=1S/C11H16FN/c1-8-5-6-9(12)7-10(8)11(2,3)13-4/h5-7,13H,1-4H3. The molecule has 1 rings (SSSR count). The fourth-order valence-electron chi connectivity index (χ4n) is 1.40. The Kier molecular flexibility index (Phi) is 2.71. The minimum Gasteiger partial charge on any atom is -0.311 e. The van der Waals surface area contributed by atoms with Crippen molar-refractivity contribution in [2.75, 3.05) is 7.05 Å². The van der Waals surface area contributed by atoms with Gasteiger partial charge in [-0.05, 0) is 51.1 Å². The van der Waals surface area contributed by atoms with Gasteiger partial charge in [-0.25, -0.2) is 4.39 Å². The van der Waals surface area contributed by atoms with Crippen LogP contribution in [-0.2, 0) is 5.54 Å². The summed E-state index contributed by atoms with van der Waals surface area (Å²) in [7, 11) is 1.88. The van der Waals surface area contributed by atoms with Gasteiger partial charge in [-0.15, -0.1) is 0 Å². The van der Waals surface area contributed by atoms with Crippen LogP contribution in [0.4, 0.5) is 4.39 Å². The first-order valence-corrected chi connectivity index (χ1v) is 4.43. The molecule has 0 spiro atoms. The van der Waals surface area contributed by atoms with Crippen LogP contribution in [0.15, 0.2) is 18.2 Å². The Bertz CT molecular complexity index is 305. The van der Waals surface area contributed by atoms with E-state index in [-0.39, 0.29) is 11.4 Å². The van der Waals surface area contributed by atoms with Crippen molar-refractivity contribution in [2.45, 2.75) is 26.3 Å². The zero-order valence-electron chi connectivity index (χ0n) is 8.61. The van der Waals surface area contributed by atoms with E-state index in [1.54, 1.807) is 6.07 Å². The maximum Gasteiger partial charge on any atom is 0.123 e. The summed E-state index contributed by atoms with van der Waals surface area (Å²) in [6.07, 6.45) is 0. The Labute approximate surface area is 79.0 Å². The lowest BCUT2D eigenvalue weighted by Crippen LogP contribution is -2.33. The highest BCUT2D eigenvalue weighted by Crippen LogP contribution is 2.23. The fourth-order valence-corrected chi connectivity index (χ4v) is 1.40. The van der Waals surface area contributed by atoms with E-state index >= 15 is 0 Å². The van der Waals surface area contributed by atoms with E-state index < -0.39 is 0 Å². The van der Waals surface area contributed by atoms with E-state index in [1.807, 2.05) is 33.9 Å². The van der Waals surface area contributed by atoms with Gasteiger partial charge in [0.15, 0.2) is 0 Å². The van der Waals surface area contributed by atoms with Crippen molar-refractivity contribution in [2.24, 2.45) is 0 Å². The molecule has 1 nitrogen and oxygen atoms in total. The molecule has 0 radical (unpaired) electrons. The van der Waals surface area contributed by atoms with Crippen LogP contribution in [0, 0.1) is 12.7 Å². The Morgan fingerprint density at radius 3 is 2.46 bits per heavy atom. The van der Waals surface area contributed by atoms with Crippen molar-refractivity contribution in [3.63, 3.8) is 0 Å². The van der Waals surface area contributed by atoms with Crippen LogP contribution in [0.1, 0.15) is 25.0 Å². The third kappa shape index (κ3) is 2.07. The third-order valence-corrected chi connectivity index (χ3v) is 2.50. The maximum absolute atomic E-state index is 13.0. The van der Waals surface area contributed by atoms with Gasteiger partial charge in [0.1, 0.15) is 5.82 Å². The van der Waals surface area contributed by atoms with E-state index in [4.69, 9.17) is 0 Å². The lowest BCUT2D eigenvalue weighted by Gasteiger charge is -2.26. The number of aryl methyl sites for hydroxylation is 1. The lowest BCUT2D eigenvalue weighted by molar-refractivity contribution is 0.439. The first-order valence-electron chi connectivity index (χ1n) is 4.43. The van der Waals surface area contributed by atoms with Gasteiger partial charge in [0, 0.05) is 5.54 Å². The second-order valence-electron chi connectivity index (χ2n) is 3.83. The number of benzene rings is 1. The minimum absolute atomic E-state index is 0.174. The van der Waals surface area contributed by atoms with Gasteiger partial charge in [-0.3, -0.25) is 0 Å². The van der Waals surface area contributed by atoms with Crippen molar-refractivity contribution < 1.29 is 4.39 Å². The van der Waals surface area contributed by atoms with Gasteiger partial charge in [-0.1, -0.05) is 6.07 Å². The molecule has 1 N–H and O–H groups in total. The van der Waals surface area contributed by atoms with Crippen LogP contribution in [-0.4, -0.2) is 7.05 Å². The smallest absolute Gasteiger partial charge is 0.123 e. The van der Waals surface area contributed by atoms with Gasteiger partial charge in [-0.2, -0.15) is 0 Å². The number of hydrogen-bond acceptors (Lipinski definition) is 1. The topological polar surface area (TPSA) is 12.0 Å². The van der Waals surface area contributed by atoms with Crippen LogP contribution in [0.5, 0.6) is 0 Å². The Morgan fingerprint density at radius 1 is 1.31 bits per heavy atom. The molecule has 0 saturated carbocycles. The second-order valence-corrected chi connectivity index (χ2v) is 3.83. The zero-order chi connectivity index (χ0) is 10.1. The van der Waals surface area contributed by atoms with Crippen molar-refractivity contribution in [1.82, 2.24) is 5.32 Å². The minimum atomic E-state index is -0.177. The lowest BCUT2D eigenvalue weighted by atomic mass is 9.90. The molecule has 0 fully saturated rings. The summed E-state index contributed by atoms with van der Waals surface area (Å²) in [4.78, 5) is 0. The van der Waals surface area contributed by atoms with Gasteiger partial charge in [0.2, 0.25) is 0 Å². The molecule has 0 aliphatic rings. The summed E-state index contributed by atoms with van der Waals surface area (Å²) >= 11 is 0. The number of nitrogens with one attached hydrogen (secondary N) is 1. The molecular formula is C11H16FN. The highest BCUT2D eigenvalue weighted by molar-refractivity contribution is 5.32. The van der Waals surface area contributed by atoms with Gasteiger partial charge >= 0.3 is 0 Å². The van der Waals surface area contributed by atoms with Gasteiger partial charge < -0.3 is 5.32 Å². The zero-order valence-corrected chi connectivity index (χ0v) is 8.61. The SMILES string of the molecule is CNC(C)(C)c1cc(F)ccc1C. The Balaban J connectivity index is 3.20. The number of halogens is 1. The molecule has 72 valence electrons. The molecule has 0 saturated heterocycles. The summed E-state index contributed by atoms with van der Waals surface area (Å²) in [5, 5.41) is 3.16. The molecule has 0 bridgehead atoms. The molecule has 0 aromatic heterocycles. The molecular weight excluding hydrogens is 165 g/mol. The maximum atomic E-state index is 13.0. The van der Waals surface area contributed by atoms with Crippen molar-refractivity contribution in [3.8, 4) is 0 Å². The third-order valence-electron chi connectivity index (χ3n) is 2.50. The first-order chi connectivity index (χ1) is 5.97. The Hall–Kier alpha value is -0.890. The summed E-state index contributed by atoms with van der Waals surface area (Å²) in [5.41, 5.74) is 1.95.